The van der Waals surface area contributed by atoms with Crippen molar-refractivity contribution in [3.8, 4) is 0 Å². The van der Waals surface area contributed by atoms with Crippen molar-refractivity contribution in [2.24, 2.45) is 0 Å². The molecule has 0 saturated heterocycles. The van der Waals surface area contributed by atoms with Crippen LogP contribution in [-0.2, 0) is 9.33 Å². The van der Waals surface area contributed by atoms with E-state index in [1.807, 2.05) is 0 Å². The topological polar surface area (TPSA) is 54.4 Å². The summed E-state index contributed by atoms with van der Waals surface area (Å²) in [6.45, 7) is 0. The van der Waals surface area contributed by atoms with Crippen LogP contribution in [0.25, 0.3) is 0 Å². The molecule has 0 aromatic carbocycles. The molecule has 0 spiro atoms. The van der Waals surface area contributed by atoms with Crippen molar-refractivity contribution in [3.05, 3.63) is 0 Å². The normalized spacial score (nSPS) is 9.67. The molecule has 0 saturated carbocycles. The quantitative estimate of drug-likeness (QED) is 0.267. The molecule has 0 rings (SSSR count). The molecule has 0 radical (unpaired) electrons. The fourth-order valence-electron chi connectivity index (χ4n) is 0. The van der Waals surface area contributed by atoms with Gasteiger partial charge in [-0.1, -0.05) is 0 Å². The SMILES string of the molecule is O=S(=O)(O)Cl.[AlH3]. The van der Waals surface area contributed by atoms with E-state index in [1.165, 1.54) is 0 Å². The van der Waals surface area contributed by atoms with E-state index < -0.39 is 9.33 Å². The van der Waals surface area contributed by atoms with Gasteiger partial charge in [-0.25, -0.2) is 0 Å². The van der Waals surface area contributed by atoms with E-state index in [0.717, 1.165) is 0 Å². The molecule has 0 aromatic heterocycles. The minimum atomic E-state index is -4.19. The molecule has 0 amide bonds. The number of halogens is 1. The Kier molecular flexibility index (Phi) is 4.66. The average Bonchev–Trinajstić information content (AvgIpc) is 0.722. The van der Waals surface area contributed by atoms with Gasteiger partial charge in [-0.15, -0.1) is 0 Å². The Bertz CT molecular complexity index is 94.0. The van der Waals surface area contributed by atoms with E-state index in [2.05, 4.69) is 10.7 Å². The number of rotatable bonds is 0. The summed E-state index contributed by atoms with van der Waals surface area (Å²) in [4.78, 5) is 0. The van der Waals surface area contributed by atoms with E-state index in [9.17, 15) is 0 Å². The Balaban J connectivity index is 0. The van der Waals surface area contributed by atoms with E-state index in [0.29, 0.717) is 0 Å². The van der Waals surface area contributed by atoms with Crippen molar-refractivity contribution < 1.29 is 13.0 Å². The predicted octanol–water partition coefficient (Wildman–Crippen LogP) is -1.16. The minimum Gasteiger partial charge on any atom is -0.273 e. The van der Waals surface area contributed by atoms with Gasteiger partial charge in [-0.3, -0.25) is 4.55 Å². The zero-order valence-corrected chi connectivity index (χ0v) is 3.62. The molecule has 0 unspecified atom stereocenters. The zero-order valence-electron chi connectivity index (χ0n) is 2.05. The minimum absolute atomic E-state index is 0. The van der Waals surface area contributed by atoms with Crippen LogP contribution < -0.4 is 0 Å². The third-order valence-corrected chi connectivity index (χ3v) is 0. The van der Waals surface area contributed by atoms with E-state index in [4.69, 9.17) is 13.0 Å². The van der Waals surface area contributed by atoms with Crippen LogP contribution in [0, 0.1) is 0 Å². The lowest BCUT2D eigenvalue weighted by Crippen LogP contribution is -1.77. The van der Waals surface area contributed by atoms with E-state index in [1.54, 1.807) is 0 Å². The van der Waals surface area contributed by atoms with Crippen molar-refractivity contribution in [2.45, 2.75) is 0 Å². The Morgan fingerprint density at radius 1 is 1.50 bits per heavy atom. The van der Waals surface area contributed by atoms with Crippen LogP contribution in [0.15, 0.2) is 0 Å². The fourth-order valence-corrected chi connectivity index (χ4v) is 0. The molecule has 0 aliphatic heterocycles. The van der Waals surface area contributed by atoms with Crippen molar-refractivity contribution in [1.82, 2.24) is 0 Å². The third-order valence-electron chi connectivity index (χ3n) is 0. The van der Waals surface area contributed by atoms with E-state index >= 15 is 0 Å². The average molecular weight is 147 g/mol. The second-order valence-corrected chi connectivity index (χ2v) is 2.41. The lowest BCUT2D eigenvalue weighted by Gasteiger charge is -1.65. The molecule has 6 heteroatoms. The molecular weight excluding hydrogens is 142 g/mol. The Morgan fingerprint density at radius 3 is 1.50 bits per heavy atom. The molecule has 0 atom stereocenters. The second-order valence-electron chi connectivity index (χ2n) is 0.412. The highest BCUT2D eigenvalue weighted by Crippen LogP contribution is 1.82. The first-order valence-electron chi connectivity index (χ1n) is 0.670. The van der Waals surface area contributed by atoms with Crippen LogP contribution in [0.2, 0.25) is 0 Å². The third kappa shape index (κ3) is 123. The van der Waals surface area contributed by atoms with E-state index in [-0.39, 0.29) is 17.4 Å². The van der Waals surface area contributed by atoms with Crippen LogP contribution in [0.5, 0.6) is 0 Å². The Hall–Kier alpha value is 0.732. The number of hydrogen-bond acceptors (Lipinski definition) is 2. The highest BCUT2D eigenvalue weighted by molar-refractivity contribution is 8.09. The summed E-state index contributed by atoms with van der Waals surface area (Å²) < 4.78 is 25.2. The van der Waals surface area contributed by atoms with Gasteiger partial charge in [0.1, 0.15) is 0 Å². The smallest absolute Gasteiger partial charge is 0.273 e. The summed E-state index contributed by atoms with van der Waals surface area (Å²) in [5, 5.41) is 0. The lowest BCUT2D eigenvalue weighted by atomic mass is 15.9. The standard InChI is InChI=1S/Al.ClHO3S.3H/c;1-5(2,3)4;;;/h;(H,2,3,4);;;. The van der Waals surface area contributed by atoms with Gasteiger partial charge in [0.25, 0.3) is 0 Å². The predicted molar refractivity (Wildman–Crippen MR) is 27.3 cm³/mol. The first kappa shape index (κ1) is 9.88. The first-order chi connectivity index (χ1) is 2.00. The summed E-state index contributed by atoms with van der Waals surface area (Å²) >= 11 is 0. The molecule has 0 heterocycles. The molecule has 3 nitrogen and oxygen atoms in total. The highest BCUT2D eigenvalue weighted by Gasteiger charge is 1.86. The molecule has 0 aliphatic carbocycles. The van der Waals surface area contributed by atoms with Gasteiger partial charge in [-0.2, -0.15) is 8.42 Å². The maximum absolute atomic E-state index is 8.95. The summed E-state index contributed by atoms with van der Waals surface area (Å²) in [5.74, 6) is 0. The van der Waals surface area contributed by atoms with Crippen molar-refractivity contribution in [1.29, 1.82) is 0 Å². The van der Waals surface area contributed by atoms with Gasteiger partial charge in [-0.05, 0) is 0 Å². The van der Waals surface area contributed by atoms with Crippen molar-refractivity contribution in [3.63, 3.8) is 0 Å². The van der Waals surface area contributed by atoms with Crippen molar-refractivity contribution >= 4 is 37.4 Å². The monoisotopic (exact) mass is 146 g/mol. The molecule has 38 valence electrons. The largest absolute Gasteiger partial charge is 0.353 e. The van der Waals surface area contributed by atoms with Crippen LogP contribution >= 0.6 is 10.7 Å². The van der Waals surface area contributed by atoms with Crippen LogP contribution in [0.4, 0.5) is 0 Å². The van der Waals surface area contributed by atoms with Gasteiger partial charge in [0.2, 0.25) is 0 Å². The maximum Gasteiger partial charge on any atom is 0.353 e. The molecule has 0 aromatic rings. The summed E-state index contributed by atoms with van der Waals surface area (Å²) in [6, 6.07) is 0. The molecule has 0 bridgehead atoms. The summed E-state index contributed by atoms with van der Waals surface area (Å²) in [5.41, 5.74) is 0. The van der Waals surface area contributed by atoms with Crippen LogP contribution in [0.1, 0.15) is 0 Å². The summed E-state index contributed by atoms with van der Waals surface area (Å²) in [7, 11) is -0.137. The first-order valence-corrected chi connectivity index (χ1v) is 2.94. The molecule has 1 N–H and O–H groups in total. The summed E-state index contributed by atoms with van der Waals surface area (Å²) in [6.07, 6.45) is 0. The van der Waals surface area contributed by atoms with Gasteiger partial charge >= 0.3 is 9.33 Å². The lowest BCUT2D eigenvalue weighted by molar-refractivity contribution is 0.501. The zero-order chi connectivity index (χ0) is 4.50. The second kappa shape index (κ2) is 2.83. The number of hydrogen-bond donors (Lipinski definition) is 1. The van der Waals surface area contributed by atoms with Crippen molar-refractivity contribution in [2.75, 3.05) is 0 Å². The van der Waals surface area contributed by atoms with Gasteiger partial charge in [0, 0.05) is 10.7 Å². The Morgan fingerprint density at radius 2 is 1.50 bits per heavy atom. The Labute approximate surface area is 50.7 Å². The fraction of sp³-hybridized carbons (Fsp3) is 0. The molecule has 6 heavy (non-hydrogen) atoms. The van der Waals surface area contributed by atoms with Crippen LogP contribution in [0.3, 0.4) is 0 Å². The van der Waals surface area contributed by atoms with Gasteiger partial charge in [0.05, 0.1) is 0 Å². The maximum atomic E-state index is 8.95. The molecular formula is H4AlClO3S. The van der Waals surface area contributed by atoms with Gasteiger partial charge < -0.3 is 0 Å². The van der Waals surface area contributed by atoms with Gasteiger partial charge in [0.15, 0.2) is 17.4 Å². The molecule has 0 fully saturated rings. The highest BCUT2D eigenvalue weighted by atomic mass is 35.7. The van der Waals surface area contributed by atoms with Crippen LogP contribution in [-0.4, -0.2) is 30.3 Å². The molecule has 0 aliphatic rings.